The molecule has 1 saturated carbocycles. The molecule has 3 atom stereocenters. The van der Waals surface area contributed by atoms with Crippen LogP contribution in [0.2, 0.25) is 0 Å². The van der Waals surface area contributed by atoms with E-state index >= 15 is 0 Å². The Hall–Kier alpha value is -1.39. The molecule has 21 heavy (non-hydrogen) atoms. The molecule has 0 N–H and O–H groups in total. The fourth-order valence-corrected chi connectivity index (χ4v) is 3.43. The first kappa shape index (κ1) is 16.0. The third-order valence-electron chi connectivity index (χ3n) is 4.33. The maximum absolute atomic E-state index is 12.5. The fraction of sp³-hybridized carbons (Fsp3) is 0.812. The van der Waals surface area contributed by atoms with Crippen molar-refractivity contribution in [1.29, 1.82) is 0 Å². The van der Waals surface area contributed by atoms with Crippen molar-refractivity contribution in [3.8, 4) is 0 Å². The van der Waals surface area contributed by atoms with Crippen LogP contribution in [0.15, 0.2) is 5.16 Å². The van der Waals surface area contributed by atoms with E-state index in [9.17, 15) is 9.59 Å². The molecule has 118 valence electrons. The molecule has 0 aromatic carbocycles. The lowest BCUT2D eigenvalue weighted by atomic mass is 9.82. The van der Waals surface area contributed by atoms with Crippen LogP contribution >= 0.6 is 0 Å². The Morgan fingerprint density at radius 3 is 2.71 bits per heavy atom. The number of carbonyl (C=O) groups excluding carboxylic acids is 2. The first-order valence-electron chi connectivity index (χ1n) is 7.95. The number of nitrogens with zero attached hydrogens (tertiary/aromatic N) is 1. The number of Topliss-reactive ketones (excluding diaryl/α,β-unsaturated/α-hetero) is 1. The SMILES string of the molecule is CCC/C(=N/OCC)C1C(=O)CC2(CCC(C)C2)OC1=O. The molecule has 2 rings (SSSR count). The molecule has 1 saturated heterocycles. The highest BCUT2D eigenvalue weighted by molar-refractivity contribution is 6.20. The Bertz CT molecular complexity index is 426. The Labute approximate surface area is 126 Å². The zero-order chi connectivity index (χ0) is 15.5. The Kier molecular flexibility index (Phi) is 5.01. The summed E-state index contributed by atoms with van der Waals surface area (Å²) in [5, 5.41) is 3.98. The van der Waals surface area contributed by atoms with E-state index in [0.717, 1.165) is 25.7 Å². The lowest BCUT2D eigenvalue weighted by Crippen LogP contribution is -2.48. The highest BCUT2D eigenvalue weighted by Crippen LogP contribution is 2.43. The Morgan fingerprint density at radius 1 is 1.43 bits per heavy atom. The number of carbonyl (C=O) groups is 2. The molecule has 0 bridgehead atoms. The second-order valence-corrected chi connectivity index (χ2v) is 6.28. The van der Waals surface area contributed by atoms with Crippen LogP contribution in [-0.2, 0) is 19.2 Å². The van der Waals surface area contributed by atoms with Crippen LogP contribution in [0.3, 0.4) is 0 Å². The molecular formula is C16H25NO4. The monoisotopic (exact) mass is 295 g/mol. The van der Waals surface area contributed by atoms with E-state index in [2.05, 4.69) is 12.1 Å². The molecule has 5 nitrogen and oxygen atoms in total. The molecule has 1 spiro atoms. The maximum Gasteiger partial charge on any atom is 0.322 e. The van der Waals surface area contributed by atoms with Crippen LogP contribution < -0.4 is 0 Å². The summed E-state index contributed by atoms with van der Waals surface area (Å²) in [6.45, 7) is 6.37. The molecule has 0 aromatic rings. The van der Waals surface area contributed by atoms with Crippen LogP contribution in [0, 0.1) is 11.8 Å². The number of ether oxygens (including phenoxy) is 1. The van der Waals surface area contributed by atoms with Crippen LogP contribution in [0.5, 0.6) is 0 Å². The van der Waals surface area contributed by atoms with Gasteiger partial charge in [-0.15, -0.1) is 0 Å². The zero-order valence-corrected chi connectivity index (χ0v) is 13.2. The van der Waals surface area contributed by atoms with Gasteiger partial charge in [-0.1, -0.05) is 25.4 Å². The molecule has 1 heterocycles. The van der Waals surface area contributed by atoms with Gasteiger partial charge in [0.05, 0.1) is 5.71 Å². The summed E-state index contributed by atoms with van der Waals surface area (Å²) >= 11 is 0. The van der Waals surface area contributed by atoms with Gasteiger partial charge in [0.15, 0.2) is 11.7 Å². The topological polar surface area (TPSA) is 65.0 Å². The van der Waals surface area contributed by atoms with Gasteiger partial charge >= 0.3 is 5.97 Å². The standard InChI is InChI=1S/C16H25NO4/c1-4-6-12(17-20-5-2)14-13(18)10-16(21-15(14)19)8-7-11(3)9-16/h11,14H,4-10H2,1-3H3/b17-12-. The molecule has 0 radical (unpaired) electrons. The second kappa shape index (κ2) is 6.58. The maximum atomic E-state index is 12.5. The van der Waals surface area contributed by atoms with E-state index in [-0.39, 0.29) is 5.78 Å². The van der Waals surface area contributed by atoms with Gasteiger partial charge in [-0.05, 0) is 38.5 Å². The molecule has 0 aromatic heterocycles. The third kappa shape index (κ3) is 3.44. The summed E-state index contributed by atoms with van der Waals surface area (Å²) in [6.07, 6.45) is 4.32. The van der Waals surface area contributed by atoms with Crippen molar-refractivity contribution in [2.24, 2.45) is 17.0 Å². The van der Waals surface area contributed by atoms with Crippen molar-refractivity contribution in [2.45, 2.75) is 64.9 Å². The molecule has 3 unspecified atom stereocenters. The zero-order valence-electron chi connectivity index (χ0n) is 13.2. The molecule has 0 amide bonds. The quantitative estimate of drug-likeness (QED) is 0.338. The largest absolute Gasteiger partial charge is 0.458 e. The van der Waals surface area contributed by atoms with Gasteiger partial charge < -0.3 is 9.57 Å². The van der Waals surface area contributed by atoms with Gasteiger partial charge in [0.1, 0.15) is 12.2 Å². The van der Waals surface area contributed by atoms with Crippen molar-refractivity contribution in [3.63, 3.8) is 0 Å². The van der Waals surface area contributed by atoms with Crippen LogP contribution in [0.4, 0.5) is 0 Å². The number of esters is 1. The summed E-state index contributed by atoms with van der Waals surface area (Å²) in [5.41, 5.74) is -0.0391. The van der Waals surface area contributed by atoms with Crippen molar-refractivity contribution >= 4 is 17.5 Å². The molecule has 2 aliphatic rings. The number of oxime groups is 1. The lowest BCUT2D eigenvalue weighted by molar-refractivity contribution is -0.173. The average Bonchev–Trinajstić information content (AvgIpc) is 2.75. The second-order valence-electron chi connectivity index (χ2n) is 6.28. The van der Waals surface area contributed by atoms with E-state index in [1.54, 1.807) is 0 Å². The first-order chi connectivity index (χ1) is 10.0. The van der Waals surface area contributed by atoms with E-state index in [1.807, 2.05) is 13.8 Å². The van der Waals surface area contributed by atoms with Gasteiger partial charge in [-0.25, -0.2) is 0 Å². The minimum Gasteiger partial charge on any atom is -0.458 e. The van der Waals surface area contributed by atoms with Crippen molar-refractivity contribution in [2.75, 3.05) is 6.61 Å². The predicted molar refractivity (Wildman–Crippen MR) is 78.9 cm³/mol. The molecule has 1 aliphatic carbocycles. The average molecular weight is 295 g/mol. The fourth-order valence-electron chi connectivity index (χ4n) is 3.43. The number of hydrogen-bond acceptors (Lipinski definition) is 5. The smallest absolute Gasteiger partial charge is 0.322 e. The Balaban J connectivity index is 2.15. The van der Waals surface area contributed by atoms with Gasteiger partial charge in [0, 0.05) is 6.42 Å². The van der Waals surface area contributed by atoms with Gasteiger partial charge in [0.25, 0.3) is 0 Å². The van der Waals surface area contributed by atoms with Gasteiger partial charge in [-0.2, -0.15) is 0 Å². The van der Waals surface area contributed by atoms with E-state index in [1.165, 1.54) is 0 Å². The number of ketones is 1. The third-order valence-corrected chi connectivity index (χ3v) is 4.33. The van der Waals surface area contributed by atoms with Gasteiger partial charge in [0.2, 0.25) is 0 Å². The first-order valence-corrected chi connectivity index (χ1v) is 7.95. The molecular weight excluding hydrogens is 270 g/mol. The highest BCUT2D eigenvalue weighted by atomic mass is 16.6. The highest BCUT2D eigenvalue weighted by Gasteiger charge is 2.51. The predicted octanol–water partition coefficient (Wildman–Crippen LogP) is 2.87. The molecule has 5 heteroatoms. The van der Waals surface area contributed by atoms with Crippen LogP contribution in [0.25, 0.3) is 0 Å². The van der Waals surface area contributed by atoms with Crippen molar-refractivity contribution in [1.82, 2.24) is 0 Å². The van der Waals surface area contributed by atoms with E-state index in [4.69, 9.17) is 9.57 Å². The van der Waals surface area contributed by atoms with Crippen LogP contribution in [-0.4, -0.2) is 29.7 Å². The summed E-state index contributed by atoms with van der Waals surface area (Å²) < 4.78 is 5.70. The summed E-state index contributed by atoms with van der Waals surface area (Å²) in [7, 11) is 0. The minimum absolute atomic E-state index is 0.0627. The van der Waals surface area contributed by atoms with Crippen molar-refractivity contribution in [3.05, 3.63) is 0 Å². The number of hydrogen-bond donors (Lipinski definition) is 0. The summed E-state index contributed by atoms with van der Waals surface area (Å²) in [4.78, 5) is 29.9. The minimum atomic E-state index is -0.863. The van der Waals surface area contributed by atoms with E-state index < -0.39 is 17.5 Å². The molecule has 1 aliphatic heterocycles. The summed E-state index contributed by atoms with van der Waals surface area (Å²) in [6, 6.07) is 0. The van der Waals surface area contributed by atoms with Crippen molar-refractivity contribution < 1.29 is 19.2 Å². The van der Waals surface area contributed by atoms with Crippen LogP contribution in [0.1, 0.15) is 59.3 Å². The summed E-state index contributed by atoms with van der Waals surface area (Å²) in [5.74, 6) is -0.855. The Morgan fingerprint density at radius 2 is 2.19 bits per heavy atom. The molecule has 2 fully saturated rings. The van der Waals surface area contributed by atoms with E-state index in [0.29, 0.717) is 31.1 Å². The lowest BCUT2D eigenvalue weighted by Gasteiger charge is -2.36. The number of rotatable bonds is 5. The van der Waals surface area contributed by atoms with Gasteiger partial charge in [-0.3, -0.25) is 9.59 Å². The normalized spacial score (nSPS) is 33.4.